The van der Waals surface area contributed by atoms with E-state index in [0.29, 0.717) is 11.6 Å². The minimum absolute atomic E-state index is 0.226. The van der Waals surface area contributed by atoms with E-state index in [1.807, 2.05) is 48.5 Å². The van der Waals surface area contributed by atoms with Gasteiger partial charge < -0.3 is 4.42 Å². The van der Waals surface area contributed by atoms with E-state index in [1.165, 1.54) is 16.7 Å². The number of para-hydroxylation sites is 1. The molecule has 1 aliphatic rings. The van der Waals surface area contributed by atoms with Gasteiger partial charge in [0.1, 0.15) is 16.9 Å². The lowest BCUT2D eigenvalue weighted by molar-refractivity contribution is 0.669. The van der Waals surface area contributed by atoms with Crippen molar-refractivity contribution in [2.45, 2.75) is 0 Å². The quantitative estimate of drug-likeness (QED) is 0.213. The van der Waals surface area contributed by atoms with Crippen LogP contribution in [0.3, 0.4) is 0 Å². The Morgan fingerprint density at radius 2 is 1.00 bits per heavy atom. The lowest BCUT2D eigenvalue weighted by Crippen LogP contribution is -2.55. The Labute approximate surface area is 254 Å². The Morgan fingerprint density at radius 1 is 0.432 bits per heavy atom. The average molecular weight is 561 g/mol. The van der Waals surface area contributed by atoms with Gasteiger partial charge >= 0.3 is 0 Å². The molecule has 0 bridgehead atoms. The van der Waals surface area contributed by atoms with E-state index < -0.39 is 0 Å². The van der Waals surface area contributed by atoms with Crippen LogP contribution in [0.5, 0.6) is 0 Å². The summed E-state index contributed by atoms with van der Waals surface area (Å²) in [5, 5.41) is 2.24. The molecule has 0 spiro atoms. The Balaban J connectivity index is 1.38. The maximum Gasteiger partial charge on any atom is 0.291 e. The standard InChI is InChI=1S/C39H24BN3O/c1-3-13-25(14-4-1)37-41-38(26-15-5-2-6-16-26)43-39(42-37)40-31-20-10-7-17-27(31)28-23-24-34-36(30-19-9-12-22-33(30)44-34)35(28)29-18-8-11-21-32(29)40/h1-24H. The van der Waals surface area contributed by atoms with Gasteiger partial charge in [-0.15, -0.1) is 0 Å². The predicted molar refractivity (Wildman–Crippen MR) is 180 cm³/mol. The van der Waals surface area contributed by atoms with E-state index in [2.05, 4.69) is 97.1 Å². The fraction of sp³-hybridized carbons (Fsp3) is 0. The summed E-state index contributed by atoms with van der Waals surface area (Å²) in [6, 6.07) is 50.3. The highest BCUT2D eigenvalue weighted by Crippen LogP contribution is 2.43. The normalized spacial score (nSPS) is 12.0. The summed E-state index contributed by atoms with van der Waals surface area (Å²) in [5.74, 6) is 1.32. The molecule has 5 heteroatoms. The van der Waals surface area contributed by atoms with Crippen molar-refractivity contribution in [3.63, 3.8) is 0 Å². The first kappa shape index (κ1) is 24.8. The molecule has 3 heterocycles. The molecule has 0 radical (unpaired) electrons. The van der Waals surface area contributed by atoms with E-state index in [4.69, 9.17) is 19.4 Å². The smallest absolute Gasteiger partial charge is 0.291 e. The third-order valence-electron chi connectivity index (χ3n) is 8.62. The SMILES string of the molecule is c1ccc(-c2nc(B3c4ccccc4-c4ccc5oc6ccccc6c5c4-c4ccccc43)nc(-c3ccccc3)n2)cc1. The van der Waals surface area contributed by atoms with Crippen LogP contribution in [0.1, 0.15) is 0 Å². The van der Waals surface area contributed by atoms with Crippen LogP contribution in [-0.4, -0.2) is 21.7 Å². The molecule has 204 valence electrons. The summed E-state index contributed by atoms with van der Waals surface area (Å²) in [7, 11) is 0. The molecule has 9 rings (SSSR count). The van der Waals surface area contributed by atoms with Gasteiger partial charge in [-0.2, -0.15) is 0 Å². The molecule has 2 aromatic heterocycles. The number of aromatic nitrogens is 3. The largest absolute Gasteiger partial charge is 0.456 e. The highest BCUT2D eigenvalue weighted by atomic mass is 16.3. The molecule has 0 atom stereocenters. The van der Waals surface area contributed by atoms with Crippen molar-refractivity contribution in [1.82, 2.24) is 15.0 Å². The van der Waals surface area contributed by atoms with Crippen LogP contribution < -0.4 is 16.6 Å². The van der Waals surface area contributed by atoms with Crippen molar-refractivity contribution in [2.24, 2.45) is 0 Å². The first-order valence-electron chi connectivity index (χ1n) is 14.8. The number of furan rings is 1. The molecule has 44 heavy (non-hydrogen) atoms. The average Bonchev–Trinajstić information content (AvgIpc) is 3.42. The molecule has 6 aromatic carbocycles. The van der Waals surface area contributed by atoms with Gasteiger partial charge in [0.25, 0.3) is 6.71 Å². The zero-order chi connectivity index (χ0) is 29.0. The summed E-state index contributed by atoms with van der Waals surface area (Å²) >= 11 is 0. The second-order valence-corrected chi connectivity index (χ2v) is 11.1. The number of rotatable bonds is 3. The molecule has 8 aromatic rings. The van der Waals surface area contributed by atoms with Gasteiger partial charge in [-0.1, -0.05) is 144 Å². The van der Waals surface area contributed by atoms with E-state index >= 15 is 0 Å². The molecule has 0 saturated carbocycles. The molecule has 1 aliphatic heterocycles. The summed E-state index contributed by atoms with van der Waals surface area (Å²) < 4.78 is 6.37. The molecule has 4 nitrogen and oxygen atoms in total. The van der Waals surface area contributed by atoms with Crippen molar-refractivity contribution in [3.05, 3.63) is 146 Å². The van der Waals surface area contributed by atoms with Gasteiger partial charge in [-0.25, -0.2) is 15.0 Å². The maximum absolute atomic E-state index is 6.37. The fourth-order valence-electron chi connectivity index (χ4n) is 6.69. The van der Waals surface area contributed by atoms with E-state index in [1.54, 1.807) is 0 Å². The van der Waals surface area contributed by atoms with Gasteiger partial charge in [0, 0.05) is 27.5 Å². The van der Waals surface area contributed by atoms with Crippen LogP contribution in [0.15, 0.2) is 150 Å². The number of nitrogens with zero attached hydrogens (tertiary/aromatic N) is 3. The maximum atomic E-state index is 6.37. The predicted octanol–water partition coefficient (Wildman–Crippen LogP) is 7.27. The van der Waals surface area contributed by atoms with E-state index in [0.717, 1.165) is 55.3 Å². The van der Waals surface area contributed by atoms with Crippen molar-refractivity contribution < 1.29 is 4.42 Å². The fourth-order valence-corrected chi connectivity index (χ4v) is 6.69. The van der Waals surface area contributed by atoms with Crippen molar-refractivity contribution in [3.8, 4) is 45.0 Å². The first-order valence-corrected chi connectivity index (χ1v) is 14.8. The molecule has 0 saturated heterocycles. The minimum atomic E-state index is -0.226. The summed E-state index contributed by atoms with van der Waals surface area (Å²) in [5.41, 5.74) is 11.4. The Kier molecular flexibility index (Phi) is 5.57. The van der Waals surface area contributed by atoms with Crippen LogP contribution >= 0.6 is 0 Å². The number of benzene rings is 6. The Bertz CT molecular complexity index is 2290. The third-order valence-corrected chi connectivity index (χ3v) is 8.62. The topological polar surface area (TPSA) is 51.8 Å². The highest BCUT2D eigenvalue weighted by Gasteiger charge is 2.35. The van der Waals surface area contributed by atoms with Crippen LogP contribution in [0.4, 0.5) is 0 Å². The van der Waals surface area contributed by atoms with Gasteiger partial charge in [-0.3, -0.25) is 0 Å². The Hall–Kier alpha value is -5.81. The molecule has 0 N–H and O–H groups in total. The molecule has 0 amide bonds. The summed E-state index contributed by atoms with van der Waals surface area (Å²) in [4.78, 5) is 15.4. The van der Waals surface area contributed by atoms with Gasteiger partial charge in [0.2, 0.25) is 0 Å². The van der Waals surface area contributed by atoms with Gasteiger partial charge in [0.15, 0.2) is 11.6 Å². The molecule has 0 aliphatic carbocycles. The lowest BCUT2D eigenvalue weighted by atomic mass is 9.38. The third kappa shape index (κ3) is 3.83. The second-order valence-electron chi connectivity index (χ2n) is 11.1. The van der Waals surface area contributed by atoms with E-state index in [-0.39, 0.29) is 6.71 Å². The highest BCUT2D eigenvalue weighted by molar-refractivity contribution is 6.96. The van der Waals surface area contributed by atoms with Gasteiger partial charge in [0.05, 0.1) is 0 Å². The van der Waals surface area contributed by atoms with Crippen LogP contribution in [-0.2, 0) is 0 Å². The monoisotopic (exact) mass is 561 g/mol. The molecule has 0 fully saturated rings. The first-order chi connectivity index (χ1) is 21.8. The molecular weight excluding hydrogens is 537 g/mol. The number of hydrogen-bond acceptors (Lipinski definition) is 4. The number of fused-ring (bicyclic) bond motifs is 9. The second kappa shape index (κ2) is 9.89. The molecule has 0 unspecified atom stereocenters. The van der Waals surface area contributed by atoms with Crippen LogP contribution in [0, 0.1) is 0 Å². The summed E-state index contributed by atoms with van der Waals surface area (Å²) in [6.45, 7) is -0.226. The van der Waals surface area contributed by atoms with Crippen molar-refractivity contribution >= 4 is 45.3 Å². The van der Waals surface area contributed by atoms with Crippen molar-refractivity contribution in [1.29, 1.82) is 0 Å². The lowest BCUT2D eigenvalue weighted by Gasteiger charge is -2.18. The van der Waals surface area contributed by atoms with Gasteiger partial charge in [-0.05, 0) is 28.8 Å². The summed E-state index contributed by atoms with van der Waals surface area (Å²) in [6.07, 6.45) is 0. The minimum Gasteiger partial charge on any atom is -0.456 e. The zero-order valence-electron chi connectivity index (χ0n) is 23.7. The molecular formula is C39H24BN3O. The van der Waals surface area contributed by atoms with Crippen LogP contribution in [0.25, 0.3) is 67.0 Å². The van der Waals surface area contributed by atoms with E-state index in [9.17, 15) is 0 Å². The number of hydrogen-bond donors (Lipinski definition) is 0. The zero-order valence-corrected chi connectivity index (χ0v) is 23.7. The van der Waals surface area contributed by atoms with Crippen molar-refractivity contribution in [2.75, 3.05) is 0 Å². The Morgan fingerprint density at radius 3 is 1.70 bits per heavy atom. The van der Waals surface area contributed by atoms with Crippen LogP contribution in [0.2, 0.25) is 0 Å².